The molecule has 4 nitrogen and oxygen atoms in total. The molecule has 1 aromatic rings. The third kappa shape index (κ3) is 5.28. The first kappa shape index (κ1) is 23.6. The second kappa shape index (κ2) is 8.61. The van der Waals surface area contributed by atoms with Crippen LogP contribution in [0.1, 0.15) is 50.3 Å². The number of rotatable bonds is 8. The van der Waals surface area contributed by atoms with Crippen LogP contribution in [0.15, 0.2) is 24.3 Å². The fourth-order valence-electron chi connectivity index (χ4n) is 2.98. The molecule has 1 aliphatic carbocycles. The molecule has 9 heteroatoms. The molecule has 0 spiro atoms. The fourth-order valence-corrected chi connectivity index (χ4v) is 2.98. The summed E-state index contributed by atoms with van der Waals surface area (Å²) in [6.07, 6.45) is 0.167. The molecule has 0 unspecified atom stereocenters. The van der Waals surface area contributed by atoms with Gasteiger partial charge in [0.2, 0.25) is 5.91 Å². The van der Waals surface area contributed by atoms with Gasteiger partial charge in [-0.2, -0.15) is 27.2 Å². The van der Waals surface area contributed by atoms with Crippen LogP contribution in [0.3, 0.4) is 0 Å². The van der Waals surface area contributed by atoms with E-state index >= 15 is 0 Å². The third-order valence-corrected chi connectivity index (χ3v) is 4.87. The van der Waals surface area contributed by atoms with E-state index in [0.29, 0.717) is 18.4 Å². The summed E-state index contributed by atoms with van der Waals surface area (Å²) >= 11 is 0. The number of nitrogens with one attached hydrogen (secondary N) is 2. The molecule has 0 heterocycles. The minimum atomic E-state index is -5.85. The largest absolute Gasteiger partial charge is 0.455 e. The van der Waals surface area contributed by atoms with Crippen molar-refractivity contribution < 1.29 is 26.7 Å². The van der Waals surface area contributed by atoms with Crippen molar-refractivity contribution in [3.8, 4) is 18.4 Å². The molecule has 162 valence electrons. The average Bonchev–Trinajstić information content (AvgIpc) is 3.43. The molecule has 1 fully saturated rings. The minimum absolute atomic E-state index is 0.000216. The van der Waals surface area contributed by atoms with E-state index in [2.05, 4.69) is 16.6 Å². The van der Waals surface area contributed by atoms with Crippen LogP contribution in [-0.2, 0) is 4.79 Å². The van der Waals surface area contributed by atoms with Gasteiger partial charge in [-0.25, -0.2) is 0 Å². The van der Waals surface area contributed by atoms with Crippen LogP contribution in [0.4, 0.5) is 22.0 Å². The maximum atomic E-state index is 14.4. The zero-order chi connectivity index (χ0) is 22.7. The SMILES string of the molecule is C#Cc1ccc([C@H](N[C@@H](CC(C)C)C(=O)NC2(C#N)CC2)C(F)(F)C(F)(F)F)cc1. The molecule has 0 aromatic heterocycles. The van der Waals surface area contributed by atoms with Gasteiger partial charge in [-0.1, -0.05) is 31.9 Å². The van der Waals surface area contributed by atoms with Crippen molar-refractivity contribution >= 4 is 5.91 Å². The first-order valence-corrected chi connectivity index (χ1v) is 9.35. The molecule has 1 saturated carbocycles. The molecule has 2 N–H and O–H groups in total. The Morgan fingerprint density at radius 3 is 2.17 bits per heavy atom. The predicted octanol–water partition coefficient (Wildman–Crippen LogP) is 4.08. The molecule has 2 atom stereocenters. The number of terminal acetylenes is 1. The first-order valence-electron chi connectivity index (χ1n) is 9.35. The van der Waals surface area contributed by atoms with Gasteiger partial charge in [-0.3, -0.25) is 10.1 Å². The number of benzene rings is 1. The van der Waals surface area contributed by atoms with E-state index in [4.69, 9.17) is 11.7 Å². The Kier molecular flexibility index (Phi) is 6.78. The Labute approximate surface area is 171 Å². The van der Waals surface area contributed by atoms with Crippen LogP contribution in [0.25, 0.3) is 0 Å². The van der Waals surface area contributed by atoms with Gasteiger partial charge in [-0.05, 0) is 42.9 Å². The van der Waals surface area contributed by atoms with E-state index in [-0.39, 0.29) is 17.9 Å². The summed E-state index contributed by atoms with van der Waals surface area (Å²) in [6.45, 7) is 3.41. The highest BCUT2D eigenvalue weighted by molar-refractivity contribution is 5.83. The van der Waals surface area contributed by atoms with Crippen LogP contribution in [0, 0.1) is 29.6 Å². The number of alkyl halides is 5. The van der Waals surface area contributed by atoms with Crippen LogP contribution in [0.5, 0.6) is 0 Å². The van der Waals surface area contributed by atoms with Gasteiger partial charge in [0.05, 0.1) is 12.1 Å². The number of hydrogen-bond donors (Lipinski definition) is 2. The van der Waals surface area contributed by atoms with Gasteiger partial charge >= 0.3 is 12.1 Å². The summed E-state index contributed by atoms with van der Waals surface area (Å²) in [5.74, 6) is -3.87. The summed E-state index contributed by atoms with van der Waals surface area (Å²) in [5, 5.41) is 13.8. The van der Waals surface area contributed by atoms with E-state index < -0.39 is 35.6 Å². The average molecular weight is 427 g/mol. The van der Waals surface area contributed by atoms with Crippen molar-refractivity contribution in [2.24, 2.45) is 5.92 Å². The number of halogens is 5. The molecule has 0 radical (unpaired) electrons. The Hall–Kier alpha value is -2.65. The summed E-state index contributed by atoms with van der Waals surface area (Å²) in [4.78, 5) is 12.7. The maximum Gasteiger partial charge on any atom is 0.455 e. The van der Waals surface area contributed by atoms with Crippen molar-refractivity contribution in [1.29, 1.82) is 5.26 Å². The van der Waals surface area contributed by atoms with Gasteiger partial charge in [0.1, 0.15) is 11.6 Å². The normalized spacial score (nSPS) is 17.5. The lowest BCUT2D eigenvalue weighted by Crippen LogP contribution is -2.55. The summed E-state index contributed by atoms with van der Waals surface area (Å²) < 4.78 is 68.5. The molecule has 1 aromatic carbocycles. The van der Waals surface area contributed by atoms with E-state index in [9.17, 15) is 26.7 Å². The zero-order valence-corrected chi connectivity index (χ0v) is 16.5. The number of carbonyl (C=O) groups is 1. The van der Waals surface area contributed by atoms with Gasteiger partial charge in [0.15, 0.2) is 0 Å². The molecular weight excluding hydrogens is 405 g/mol. The lowest BCUT2D eigenvalue weighted by Gasteiger charge is -2.33. The lowest BCUT2D eigenvalue weighted by atomic mass is 9.95. The number of nitrogens with zero attached hydrogens (tertiary/aromatic N) is 1. The van der Waals surface area contributed by atoms with Crippen molar-refractivity contribution in [1.82, 2.24) is 10.6 Å². The van der Waals surface area contributed by atoms with E-state index in [1.165, 1.54) is 12.1 Å². The molecule has 1 amide bonds. The van der Waals surface area contributed by atoms with E-state index in [0.717, 1.165) is 12.1 Å². The lowest BCUT2D eigenvalue weighted by molar-refractivity contribution is -0.295. The monoisotopic (exact) mass is 427 g/mol. The number of amides is 1. The third-order valence-electron chi connectivity index (χ3n) is 4.87. The Morgan fingerprint density at radius 2 is 1.77 bits per heavy atom. The highest BCUT2D eigenvalue weighted by atomic mass is 19.4. The summed E-state index contributed by atoms with van der Waals surface area (Å²) in [6, 6.07) is 2.72. The van der Waals surface area contributed by atoms with Crippen molar-refractivity contribution in [2.45, 2.75) is 62.8 Å². The van der Waals surface area contributed by atoms with E-state index in [1.54, 1.807) is 13.8 Å². The van der Waals surface area contributed by atoms with Crippen LogP contribution in [-0.4, -0.2) is 29.6 Å². The highest BCUT2D eigenvalue weighted by Crippen LogP contribution is 2.45. The number of carbonyl (C=O) groups excluding carboxylic acids is 1. The van der Waals surface area contributed by atoms with Gasteiger partial charge < -0.3 is 5.32 Å². The zero-order valence-electron chi connectivity index (χ0n) is 16.5. The topological polar surface area (TPSA) is 64.9 Å². The smallest absolute Gasteiger partial charge is 0.336 e. The molecule has 2 rings (SSSR count). The molecule has 0 aliphatic heterocycles. The first-order chi connectivity index (χ1) is 13.8. The van der Waals surface area contributed by atoms with Crippen LogP contribution in [0.2, 0.25) is 0 Å². The van der Waals surface area contributed by atoms with Crippen LogP contribution >= 0.6 is 0 Å². The molecular formula is C21H22F5N3O. The quantitative estimate of drug-likeness (QED) is 0.485. The summed E-state index contributed by atoms with van der Waals surface area (Å²) in [5.41, 5.74) is -1.13. The van der Waals surface area contributed by atoms with Crippen LogP contribution < -0.4 is 10.6 Å². The van der Waals surface area contributed by atoms with Gasteiger partial charge in [0.25, 0.3) is 0 Å². The molecule has 0 saturated heterocycles. The maximum absolute atomic E-state index is 14.4. The second-order valence-corrected chi connectivity index (χ2v) is 7.85. The highest BCUT2D eigenvalue weighted by Gasteiger charge is 2.63. The van der Waals surface area contributed by atoms with Gasteiger partial charge in [-0.15, -0.1) is 6.42 Å². The van der Waals surface area contributed by atoms with Crippen molar-refractivity contribution in [3.05, 3.63) is 35.4 Å². The standard InChI is InChI=1S/C21H22F5N3O/c1-4-14-5-7-15(8-6-14)17(20(22,23)21(24,25)26)28-16(11-13(2)3)18(30)29-19(12-27)9-10-19/h1,5-8,13,16-17,28H,9-11H2,2-3H3,(H,29,30)/t16-,17-/m0/s1. The Bertz CT molecular complexity index is 845. The molecule has 1 aliphatic rings. The fraction of sp³-hybridized carbons (Fsp3) is 0.524. The Balaban J connectivity index is 2.40. The number of hydrogen-bond acceptors (Lipinski definition) is 3. The van der Waals surface area contributed by atoms with Gasteiger partial charge in [0, 0.05) is 5.56 Å². The molecule has 30 heavy (non-hydrogen) atoms. The van der Waals surface area contributed by atoms with Crippen molar-refractivity contribution in [2.75, 3.05) is 0 Å². The Morgan fingerprint density at radius 1 is 1.20 bits per heavy atom. The molecule has 0 bridgehead atoms. The minimum Gasteiger partial charge on any atom is -0.336 e. The van der Waals surface area contributed by atoms with E-state index in [1.807, 2.05) is 6.07 Å². The second-order valence-electron chi connectivity index (χ2n) is 7.85. The summed E-state index contributed by atoms with van der Waals surface area (Å²) in [7, 11) is 0. The van der Waals surface area contributed by atoms with Crippen molar-refractivity contribution in [3.63, 3.8) is 0 Å². The number of nitriles is 1. The predicted molar refractivity (Wildman–Crippen MR) is 100 cm³/mol.